The van der Waals surface area contributed by atoms with Crippen LogP contribution in [0.25, 0.3) is 22.4 Å². The topological polar surface area (TPSA) is 106 Å². The van der Waals surface area contributed by atoms with Gasteiger partial charge < -0.3 is 15.2 Å². The average Bonchev–Trinajstić information content (AvgIpc) is 3.35. The van der Waals surface area contributed by atoms with Crippen LogP contribution in [-0.2, 0) is 21.2 Å². The van der Waals surface area contributed by atoms with Gasteiger partial charge in [-0.05, 0) is 55.2 Å². The highest BCUT2D eigenvalue weighted by Crippen LogP contribution is 2.41. The van der Waals surface area contributed by atoms with Gasteiger partial charge >= 0.3 is 0 Å². The summed E-state index contributed by atoms with van der Waals surface area (Å²) >= 11 is 19.1. The van der Waals surface area contributed by atoms with E-state index in [4.69, 9.17) is 40.5 Å². The molecule has 46 heavy (non-hydrogen) atoms. The molecule has 1 aromatic heterocycles. The van der Waals surface area contributed by atoms with Crippen LogP contribution in [0.5, 0.6) is 0 Å². The molecule has 0 saturated carbocycles. The molecule has 2 N–H and O–H groups in total. The monoisotopic (exact) mass is 714 g/mol. The molecule has 3 aromatic rings. The predicted octanol–water partition coefficient (Wildman–Crippen LogP) is 6.41. The molecule has 0 spiro atoms. The zero-order chi connectivity index (χ0) is 33.4. The summed E-state index contributed by atoms with van der Waals surface area (Å²) in [5, 5.41) is 1.32. The predicted molar refractivity (Wildman–Crippen MR) is 177 cm³/mol. The Kier molecular flexibility index (Phi) is 10.1. The molecule has 0 radical (unpaired) electrons. The number of hydrogen-bond donors (Lipinski definition) is 1. The van der Waals surface area contributed by atoms with E-state index in [0.29, 0.717) is 37.6 Å². The van der Waals surface area contributed by atoms with Gasteiger partial charge in [0.05, 0.1) is 11.4 Å². The minimum atomic E-state index is -3.28. The molecule has 0 atom stereocenters. The van der Waals surface area contributed by atoms with Gasteiger partial charge in [-0.2, -0.15) is 0 Å². The lowest BCUT2D eigenvalue weighted by atomic mass is 9.83. The van der Waals surface area contributed by atoms with Crippen molar-refractivity contribution in [2.45, 2.75) is 50.1 Å². The Morgan fingerprint density at radius 1 is 0.870 bits per heavy atom. The average molecular weight is 716 g/mol. The maximum Gasteiger partial charge on any atom is 0.270 e. The summed E-state index contributed by atoms with van der Waals surface area (Å²) in [6.45, 7) is 0.650. The van der Waals surface area contributed by atoms with Crippen molar-refractivity contribution >= 4 is 56.5 Å². The van der Waals surface area contributed by atoms with Crippen LogP contribution in [0.1, 0.15) is 42.6 Å². The van der Waals surface area contributed by atoms with E-state index in [9.17, 15) is 26.8 Å². The van der Waals surface area contributed by atoms with Crippen LogP contribution in [0.15, 0.2) is 48.5 Å². The van der Waals surface area contributed by atoms with Gasteiger partial charge in [-0.15, -0.1) is 0 Å². The molecule has 0 unspecified atom stereocenters. The van der Waals surface area contributed by atoms with Gasteiger partial charge in [-0.1, -0.05) is 53.0 Å². The molecule has 2 amide bonds. The van der Waals surface area contributed by atoms with E-state index >= 15 is 0 Å². The molecular formula is C32H35Cl3F2N4O4S. The summed E-state index contributed by atoms with van der Waals surface area (Å²) in [7, 11) is -3.28. The lowest BCUT2D eigenvalue weighted by molar-refractivity contribution is -0.140. The number of nitrogens with two attached hydrogens (primary N) is 1. The van der Waals surface area contributed by atoms with Crippen molar-refractivity contribution in [1.82, 2.24) is 14.4 Å². The van der Waals surface area contributed by atoms with E-state index in [2.05, 4.69) is 0 Å². The van der Waals surface area contributed by atoms with Crippen molar-refractivity contribution in [2.24, 2.45) is 5.73 Å². The number of amides is 2. The van der Waals surface area contributed by atoms with Crippen LogP contribution in [0.4, 0.5) is 8.78 Å². The Morgan fingerprint density at radius 2 is 1.48 bits per heavy atom. The normalized spacial score (nSPS) is 18.4. The number of aromatic nitrogens is 1. The number of rotatable bonds is 9. The molecule has 14 heteroatoms. The molecule has 8 nitrogen and oxygen atoms in total. The molecule has 2 aliphatic rings. The Bertz CT molecular complexity index is 1730. The number of hydrogen-bond acceptors (Lipinski definition) is 5. The minimum Gasteiger partial charge on any atom is -0.368 e. The highest BCUT2D eigenvalue weighted by atomic mass is 35.5. The van der Waals surface area contributed by atoms with Crippen molar-refractivity contribution in [2.75, 3.05) is 38.2 Å². The summed E-state index contributed by atoms with van der Waals surface area (Å²) in [6, 6.07) is 13.9. The lowest BCUT2D eigenvalue weighted by Crippen LogP contribution is -2.64. The van der Waals surface area contributed by atoms with E-state index in [-0.39, 0.29) is 76.5 Å². The second kappa shape index (κ2) is 13.4. The van der Waals surface area contributed by atoms with Crippen molar-refractivity contribution in [1.29, 1.82) is 0 Å². The Morgan fingerprint density at radius 3 is 2.04 bits per heavy atom. The van der Waals surface area contributed by atoms with Gasteiger partial charge in [0.15, 0.2) is 0 Å². The fraction of sp³-hybridized carbons (Fsp3) is 0.438. The van der Waals surface area contributed by atoms with Gasteiger partial charge in [0.2, 0.25) is 5.91 Å². The van der Waals surface area contributed by atoms with Crippen LogP contribution in [-0.4, -0.2) is 84.2 Å². The number of primary amides is 1. The molecular weight excluding hydrogens is 681 g/mol. The highest BCUT2D eigenvalue weighted by Gasteiger charge is 2.49. The molecule has 2 aliphatic heterocycles. The lowest BCUT2D eigenvalue weighted by Gasteiger charge is -2.48. The largest absolute Gasteiger partial charge is 0.368 e. The van der Waals surface area contributed by atoms with Crippen LogP contribution in [0.2, 0.25) is 15.1 Å². The summed E-state index contributed by atoms with van der Waals surface area (Å²) < 4.78 is 53.7. The van der Waals surface area contributed by atoms with Crippen LogP contribution in [0, 0.1) is 0 Å². The molecule has 0 aliphatic carbocycles. The molecule has 5 rings (SSSR count). The summed E-state index contributed by atoms with van der Waals surface area (Å²) in [4.78, 5) is 30.5. The molecule has 2 fully saturated rings. The van der Waals surface area contributed by atoms with E-state index in [0.717, 1.165) is 11.8 Å². The van der Waals surface area contributed by atoms with Gasteiger partial charge in [-0.25, -0.2) is 17.2 Å². The number of likely N-dealkylation sites (tertiary alicyclic amines) is 2. The van der Waals surface area contributed by atoms with Crippen LogP contribution in [0.3, 0.4) is 0 Å². The number of piperidine rings is 2. The standard InChI is InChI=1S/C32H35Cl3F2N4O4S/c1-46(44,45)18-2-13-41-27(20-25(24-8-7-23(34)19-26(24)35)28(41)21-3-5-22(33)6-4-21)29(42)39-14-9-31(10-15-39,30(38)43)40-16-11-32(36,37)12-17-40/h3-8,19-20H,2,9-18H2,1H3,(H2,38,43). The van der Waals surface area contributed by atoms with Gasteiger partial charge in [-0.3, -0.25) is 14.5 Å². The summed E-state index contributed by atoms with van der Waals surface area (Å²) in [5.74, 6) is -3.77. The Balaban J connectivity index is 1.54. The SMILES string of the molecule is CS(=O)(=O)CCCn1c(C(=O)N2CCC(C(N)=O)(N3CCC(F)(F)CC3)CC2)cc(-c2ccc(Cl)cc2Cl)c1-c1ccc(Cl)cc1. The van der Waals surface area contributed by atoms with Gasteiger partial charge in [0.25, 0.3) is 11.8 Å². The minimum absolute atomic E-state index is 0.0444. The maximum atomic E-state index is 14.3. The smallest absolute Gasteiger partial charge is 0.270 e. The third-order valence-electron chi connectivity index (χ3n) is 8.99. The van der Waals surface area contributed by atoms with Crippen molar-refractivity contribution in [3.05, 3.63) is 69.3 Å². The number of benzene rings is 2. The fourth-order valence-corrected chi connectivity index (χ4v) is 7.79. The van der Waals surface area contributed by atoms with Gasteiger partial charge in [0.1, 0.15) is 21.1 Å². The van der Waals surface area contributed by atoms with E-state index in [1.54, 1.807) is 50.8 Å². The Labute approximate surface area is 282 Å². The maximum absolute atomic E-state index is 14.3. The number of alkyl halides is 2. The molecule has 2 saturated heterocycles. The van der Waals surface area contributed by atoms with E-state index < -0.39 is 27.2 Å². The second-order valence-electron chi connectivity index (χ2n) is 12.1. The summed E-state index contributed by atoms with van der Waals surface area (Å²) in [5.41, 5.74) is 7.71. The molecule has 2 aromatic carbocycles. The van der Waals surface area contributed by atoms with Crippen molar-refractivity contribution in [3.63, 3.8) is 0 Å². The first kappa shape index (κ1) is 34.6. The number of carbonyl (C=O) groups is 2. The van der Waals surface area contributed by atoms with Crippen molar-refractivity contribution in [3.8, 4) is 22.4 Å². The zero-order valence-corrected chi connectivity index (χ0v) is 28.3. The van der Waals surface area contributed by atoms with Gasteiger partial charge in [0, 0.05) is 78.0 Å². The van der Waals surface area contributed by atoms with E-state index in [1.165, 1.54) is 0 Å². The number of halogens is 5. The number of sulfone groups is 1. The Hall–Kier alpha value is -2.70. The number of carbonyl (C=O) groups excluding carboxylic acids is 2. The molecule has 3 heterocycles. The third-order valence-corrected chi connectivity index (χ3v) is 10.8. The third kappa shape index (κ3) is 7.39. The zero-order valence-electron chi connectivity index (χ0n) is 25.2. The van der Waals surface area contributed by atoms with Crippen LogP contribution < -0.4 is 5.73 Å². The summed E-state index contributed by atoms with van der Waals surface area (Å²) in [6.07, 6.45) is 1.11. The first-order chi connectivity index (χ1) is 21.6. The second-order valence-corrected chi connectivity index (χ2v) is 15.6. The highest BCUT2D eigenvalue weighted by molar-refractivity contribution is 7.90. The van der Waals surface area contributed by atoms with Crippen molar-refractivity contribution < 1.29 is 26.8 Å². The quantitative estimate of drug-likeness (QED) is 0.276. The van der Waals surface area contributed by atoms with Crippen LogP contribution >= 0.6 is 34.8 Å². The fourth-order valence-electron chi connectivity index (χ4n) is 6.50. The first-order valence-corrected chi connectivity index (χ1v) is 18.1. The molecule has 0 bridgehead atoms. The molecule has 248 valence electrons. The first-order valence-electron chi connectivity index (χ1n) is 14.9. The van der Waals surface area contributed by atoms with E-state index in [1.807, 2.05) is 12.1 Å². The number of nitrogens with zero attached hydrogens (tertiary/aromatic N) is 3.